The van der Waals surface area contributed by atoms with Crippen molar-refractivity contribution in [1.82, 2.24) is 4.90 Å². The zero-order chi connectivity index (χ0) is 22.4. The van der Waals surface area contributed by atoms with Crippen LogP contribution >= 0.6 is 0 Å². The van der Waals surface area contributed by atoms with E-state index in [1.54, 1.807) is 39.5 Å². The number of carbonyl (C=O) groups is 2. The van der Waals surface area contributed by atoms with Gasteiger partial charge in [-0.1, -0.05) is 30.3 Å². The van der Waals surface area contributed by atoms with Gasteiger partial charge in [-0.3, -0.25) is 9.59 Å². The standard InChI is InChI=1S/C24H28N2O5/c1-17-8-7-9-18(16-17)26-23(27)21(19-10-5-6-11-20(19)31-4)22(24(26)28)25(12-14-29-2)13-15-30-3/h5-11,16H,12-15H2,1-4H3. The minimum absolute atomic E-state index is 0.316. The second-order valence-corrected chi connectivity index (χ2v) is 7.18. The second kappa shape index (κ2) is 10.2. The van der Waals surface area contributed by atoms with E-state index in [0.717, 1.165) is 5.56 Å². The van der Waals surface area contributed by atoms with Crippen LogP contribution in [-0.4, -0.2) is 64.3 Å². The number of benzene rings is 2. The van der Waals surface area contributed by atoms with Gasteiger partial charge in [-0.25, -0.2) is 4.90 Å². The predicted molar refractivity (Wildman–Crippen MR) is 119 cm³/mol. The Labute approximate surface area is 182 Å². The number of hydrogen-bond acceptors (Lipinski definition) is 6. The van der Waals surface area contributed by atoms with Crippen molar-refractivity contribution < 1.29 is 23.8 Å². The smallest absolute Gasteiger partial charge is 0.282 e. The third kappa shape index (κ3) is 4.62. The highest BCUT2D eigenvalue weighted by Crippen LogP contribution is 2.38. The monoisotopic (exact) mass is 424 g/mol. The molecule has 31 heavy (non-hydrogen) atoms. The Bertz CT molecular complexity index is 977. The van der Waals surface area contributed by atoms with E-state index in [1.807, 2.05) is 42.2 Å². The first-order valence-electron chi connectivity index (χ1n) is 10.1. The van der Waals surface area contributed by atoms with Crippen molar-refractivity contribution in [3.05, 3.63) is 65.4 Å². The molecule has 7 nitrogen and oxygen atoms in total. The predicted octanol–water partition coefficient (Wildman–Crippen LogP) is 2.88. The zero-order valence-corrected chi connectivity index (χ0v) is 18.4. The van der Waals surface area contributed by atoms with Gasteiger partial charge in [-0.15, -0.1) is 0 Å². The maximum Gasteiger partial charge on any atom is 0.282 e. The van der Waals surface area contributed by atoms with Crippen LogP contribution in [0.4, 0.5) is 5.69 Å². The van der Waals surface area contributed by atoms with Crippen molar-refractivity contribution in [2.75, 3.05) is 52.5 Å². The van der Waals surface area contributed by atoms with Gasteiger partial charge in [0.25, 0.3) is 11.8 Å². The van der Waals surface area contributed by atoms with Gasteiger partial charge in [0.2, 0.25) is 0 Å². The molecule has 0 aromatic heterocycles. The summed E-state index contributed by atoms with van der Waals surface area (Å²) in [6, 6.07) is 14.6. The van der Waals surface area contributed by atoms with Crippen molar-refractivity contribution in [3.8, 4) is 5.75 Å². The molecule has 0 saturated heterocycles. The minimum Gasteiger partial charge on any atom is -0.496 e. The van der Waals surface area contributed by atoms with Crippen LogP contribution in [-0.2, 0) is 19.1 Å². The van der Waals surface area contributed by atoms with Crippen molar-refractivity contribution in [2.24, 2.45) is 0 Å². The number of carbonyl (C=O) groups excluding carboxylic acids is 2. The van der Waals surface area contributed by atoms with Crippen LogP contribution in [0.25, 0.3) is 5.57 Å². The van der Waals surface area contributed by atoms with Crippen molar-refractivity contribution in [3.63, 3.8) is 0 Å². The number of anilines is 1. The maximum absolute atomic E-state index is 13.7. The lowest BCUT2D eigenvalue weighted by atomic mass is 10.0. The summed E-state index contributed by atoms with van der Waals surface area (Å²) in [4.78, 5) is 30.4. The number of nitrogens with zero attached hydrogens (tertiary/aromatic N) is 2. The Balaban J connectivity index is 2.18. The number of hydrogen-bond donors (Lipinski definition) is 0. The molecule has 3 rings (SSSR count). The first kappa shape index (κ1) is 22.5. The first-order valence-corrected chi connectivity index (χ1v) is 10.1. The molecular formula is C24H28N2O5. The summed E-state index contributed by atoms with van der Waals surface area (Å²) >= 11 is 0. The fourth-order valence-electron chi connectivity index (χ4n) is 3.65. The highest BCUT2D eigenvalue weighted by atomic mass is 16.5. The lowest BCUT2D eigenvalue weighted by molar-refractivity contribution is -0.120. The van der Waals surface area contributed by atoms with Crippen LogP contribution in [0, 0.1) is 6.92 Å². The fraction of sp³-hybridized carbons (Fsp3) is 0.333. The summed E-state index contributed by atoms with van der Waals surface area (Å²) < 4.78 is 16.0. The molecule has 2 aromatic rings. The molecule has 2 aromatic carbocycles. The van der Waals surface area contributed by atoms with E-state index in [9.17, 15) is 9.59 Å². The Hall–Kier alpha value is -3.16. The zero-order valence-electron chi connectivity index (χ0n) is 18.4. The van der Waals surface area contributed by atoms with E-state index in [1.165, 1.54) is 4.90 Å². The number of para-hydroxylation sites is 1. The Morgan fingerprint density at radius 2 is 1.55 bits per heavy atom. The van der Waals surface area contributed by atoms with Crippen LogP contribution in [0.2, 0.25) is 0 Å². The van der Waals surface area contributed by atoms with Gasteiger partial charge in [0, 0.05) is 32.9 Å². The number of ether oxygens (including phenoxy) is 3. The molecule has 0 saturated carbocycles. The molecule has 1 aliphatic rings. The largest absolute Gasteiger partial charge is 0.496 e. The van der Waals surface area contributed by atoms with Gasteiger partial charge >= 0.3 is 0 Å². The lowest BCUT2D eigenvalue weighted by Gasteiger charge is -2.26. The molecule has 0 N–H and O–H groups in total. The minimum atomic E-state index is -0.380. The molecular weight excluding hydrogens is 396 g/mol. The van der Waals surface area contributed by atoms with Gasteiger partial charge in [-0.05, 0) is 30.7 Å². The van der Waals surface area contributed by atoms with Gasteiger partial charge in [0.05, 0.1) is 31.6 Å². The van der Waals surface area contributed by atoms with E-state index >= 15 is 0 Å². The van der Waals surface area contributed by atoms with Gasteiger partial charge < -0.3 is 19.1 Å². The summed E-state index contributed by atoms with van der Waals surface area (Å²) in [5, 5.41) is 0. The maximum atomic E-state index is 13.7. The van der Waals surface area contributed by atoms with Crippen LogP contribution in [0.5, 0.6) is 5.75 Å². The molecule has 0 radical (unpaired) electrons. The van der Waals surface area contributed by atoms with Crippen molar-refractivity contribution in [1.29, 1.82) is 0 Å². The van der Waals surface area contributed by atoms with Gasteiger partial charge in [0.1, 0.15) is 11.4 Å². The highest BCUT2D eigenvalue weighted by Gasteiger charge is 2.43. The molecule has 164 valence electrons. The Morgan fingerprint density at radius 1 is 0.871 bits per heavy atom. The number of aryl methyl sites for hydroxylation is 1. The number of methoxy groups -OCH3 is 3. The average molecular weight is 424 g/mol. The van der Waals surface area contributed by atoms with Crippen LogP contribution < -0.4 is 9.64 Å². The van der Waals surface area contributed by atoms with E-state index < -0.39 is 0 Å². The first-order chi connectivity index (χ1) is 15.0. The molecule has 0 atom stereocenters. The third-order valence-electron chi connectivity index (χ3n) is 5.14. The second-order valence-electron chi connectivity index (χ2n) is 7.18. The Kier molecular flexibility index (Phi) is 7.44. The normalized spacial score (nSPS) is 13.9. The molecule has 0 unspecified atom stereocenters. The highest BCUT2D eigenvalue weighted by molar-refractivity contribution is 6.45. The van der Waals surface area contributed by atoms with Crippen molar-refractivity contribution in [2.45, 2.75) is 6.92 Å². The van der Waals surface area contributed by atoms with Crippen molar-refractivity contribution >= 4 is 23.1 Å². The van der Waals surface area contributed by atoms with Crippen LogP contribution in [0.15, 0.2) is 54.2 Å². The molecule has 7 heteroatoms. The molecule has 2 amide bonds. The molecule has 0 spiro atoms. The molecule has 1 aliphatic heterocycles. The average Bonchev–Trinajstić information content (AvgIpc) is 3.03. The quantitative estimate of drug-likeness (QED) is 0.547. The van der Waals surface area contributed by atoms with Crippen LogP contribution in [0.3, 0.4) is 0 Å². The molecule has 0 fully saturated rings. The third-order valence-corrected chi connectivity index (χ3v) is 5.14. The van der Waals surface area contributed by atoms with Gasteiger partial charge in [0.15, 0.2) is 0 Å². The van der Waals surface area contributed by atoms with Crippen LogP contribution in [0.1, 0.15) is 11.1 Å². The fourth-order valence-corrected chi connectivity index (χ4v) is 3.65. The summed E-state index contributed by atoms with van der Waals surface area (Å²) in [7, 11) is 4.75. The number of imide groups is 1. The summed E-state index contributed by atoms with van der Waals surface area (Å²) in [5.74, 6) is -0.223. The SMILES string of the molecule is COCCN(CCOC)C1=C(c2ccccc2OC)C(=O)N(c2cccc(C)c2)C1=O. The molecule has 1 heterocycles. The summed E-state index contributed by atoms with van der Waals surface area (Å²) in [5.41, 5.74) is 2.71. The van der Waals surface area contributed by atoms with E-state index in [2.05, 4.69) is 0 Å². The lowest BCUT2D eigenvalue weighted by Crippen LogP contribution is -2.37. The van der Waals surface area contributed by atoms with E-state index in [4.69, 9.17) is 14.2 Å². The topological polar surface area (TPSA) is 68.3 Å². The molecule has 0 bridgehead atoms. The number of amides is 2. The van der Waals surface area contributed by atoms with E-state index in [-0.39, 0.29) is 11.8 Å². The summed E-state index contributed by atoms with van der Waals surface area (Å²) in [6.07, 6.45) is 0. The molecule has 0 aliphatic carbocycles. The van der Waals surface area contributed by atoms with Gasteiger partial charge in [-0.2, -0.15) is 0 Å². The Morgan fingerprint density at radius 3 is 2.16 bits per heavy atom. The number of rotatable bonds is 10. The summed E-state index contributed by atoms with van der Waals surface area (Å²) in [6.45, 7) is 3.60. The van der Waals surface area contributed by atoms with E-state index in [0.29, 0.717) is 54.6 Å².